The number of imidazole rings is 1. The minimum atomic E-state index is 0.345. The van der Waals surface area contributed by atoms with E-state index in [1.165, 1.54) is 0 Å². The van der Waals surface area contributed by atoms with Crippen molar-refractivity contribution >= 4 is 23.4 Å². The molecule has 0 amide bonds. The summed E-state index contributed by atoms with van der Waals surface area (Å²) in [6.07, 6.45) is 0.700. The second-order valence-corrected chi connectivity index (χ2v) is 3.12. The monoisotopic (exact) mass is 194 g/mol. The standard InChI is InChI=1S/C9H7ClN2O/c1-6-3-2-4-7-9(10)11-8(5-13)12(6)7/h2-5H,1H3. The lowest BCUT2D eigenvalue weighted by Gasteiger charge is -1.99. The van der Waals surface area contributed by atoms with Crippen LogP contribution in [0.5, 0.6) is 0 Å². The van der Waals surface area contributed by atoms with Crippen molar-refractivity contribution in [2.24, 2.45) is 0 Å². The van der Waals surface area contributed by atoms with Gasteiger partial charge >= 0.3 is 0 Å². The Morgan fingerprint density at radius 3 is 3.00 bits per heavy atom. The molecule has 0 aliphatic heterocycles. The Hall–Kier alpha value is -1.35. The number of aryl methyl sites for hydroxylation is 1. The highest BCUT2D eigenvalue weighted by molar-refractivity contribution is 6.32. The summed E-state index contributed by atoms with van der Waals surface area (Å²) < 4.78 is 1.73. The van der Waals surface area contributed by atoms with E-state index in [9.17, 15) is 4.79 Å². The molecule has 0 unspecified atom stereocenters. The molecule has 3 nitrogen and oxygen atoms in total. The molecule has 0 saturated carbocycles. The van der Waals surface area contributed by atoms with Crippen molar-refractivity contribution in [3.8, 4) is 0 Å². The molecular formula is C9H7ClN2O. The third kappa shape index (κ3) is 1.12. The van der Waals surface area contributed by atoms with Gasteiger partial charge in [-0.15, -0.1) is 0 Å². The van der Waals surface area contributed by atoms with Gasteiger partial charge in [-0.05, 0) is 19.1 Å². The zero-order chi connectivity index (χ0) is 9.42. The lowest BCUT2D eigenvalue weighted by Crippen LogP contribution is -1.95. The van der Waals surface area contributed by atoms with Crippen molar-refractivity contribution in [3.05, 3.63) is 34.9 Å². The van der Waals surface area contributed by atoms with Crippen molar-refractivity contribution in [2.75, 3.05) is 0 Å². The Morgan fingerprint density at radius 1 is 1.54 bits per heavy atom. The van der Waals surface area contributed by atoms with Gasteiger partial charge in [0.25, 0.3) is 0 Å². The number of carbonyl (C=O) groups is 1. The van der Waals surface area contributed by atoms with Crippen molar-refractivity contribution in [3.63, 3.8) is 0 Å². The van der Waals surface area contributed by atoms with Gasteiger partial charge in [0.1, 0.15) is 0 Å². The summed E-state index contributed by atoms with van der Waals surface area (Å²) >= 11 is 5.84. The molecule has 4 heteroatoms. The van der Waals surface area contributed by atoms with Crippen LogP contribution in [-0.2, 0) is 0 Å². The van der Waals surface area contributed by atoms with Gasteiger partial charge in [-0.1, -0.05) is 17.7 Å². The number of hydrogen-bond donors (Lipinski definition) is 0. The smallest absolute Gasteiger partial charge is 0.186 e. The highest BCUT2D eigenvalue weighted by atomic mass is 35.5. The molecule has 2 rings (SSSR count). The fourth-order valence-corrected chi connectivity index (χ4v) is 1.60. The van der Waals surface area contributed by atoms with E-state index in [2.05, 4.69) is 4.98 Å². The SMILES string of the molecule is Cc1cccc2c(Cl)nc(C=O)n12. The van der Waals surface area contributed by atoms with E-state index in [-0.39, 0.29) is 0 Å². The second-order valence-electron chi connectivity index (χ2n) is 2.77. The van der Waals surface area contributed by atoms with Gasteiger partial charge in [0.05, 0.1) is 5.52 Å². The van der Waals surface area contributed by atoms with Crippen LogP contribution in [0.3, 0.4) is 0 Å². The van der Waals surface area contributed by atoms with Gasteiger partial charge < -0.3 is 0 Å². The Morgan fingerprint density at radius 2 is 2.31 bits per heavy atom. The number of hydrogen-bond acceptors (Lipinski definition) is 2. The first-order valence-electron chi connectivity index (χ1n) is 3.83. The van der Waals surface area contributed by atoms with Crippen LogP contribution in [0.1, 0.15) is 16.3 Å². The Kier molecular flexibility index (Phi) is 1.81. The summed E-state index contributed by atoms with van der Waals surface area (Å²) in [6, 6.07) is 5.61. The predicted molar refractivity (Wildman–Crippen MR) is 50.3 cm³/mol. The van der Waals surface area contributed by atoms with Crippen LogP contribution < -0.4 is 0 Å². The van der Waals surface area contributed by atoms with Gasteiger partial charge in [0, 0.05) is 5.69 Å². The quantitative estimate of drug-likeness (QED) is 0.652. The third-order valence-electron chi connectivity index (χ3n) is 1.94. The van der Waals surface area contributed by atoms with E-state index in [1.54, 1.807) is 4.40 Å². The van der Waals surface area contributed by atoms with Crippen LogP contribution in [0.4, 0.5) is 0 Å². The lowest BCUT2D eigenvalue weighted by molar-refractivity contribution is 0.111. The largest absolute Gasteiger partial charge is 0.294 e. The van der Waals surface area contributed by atoms with Crippen LogP contribution in [0.25, 0.3) is 5.52 Å². The fraction of sp³-hybridized carbons (Fsp3) is 0.111. The number of pyridine rings is 1. The summed E-state index contributed by atoms with van der Waals surface area (Å²) in [5.41, 5.74) is 1.71. The Balaban J connectivity index is 2.96. The molecule has 0 N–H and O–H groups in total. The van der Waals surface area contributed by atoms with E-state index in [0.29, 0.717) is 17.3 Å². The Labute approximate surface area is 80.0 Å². The molecule has 0 saturated heterocycles. The maximum Gasteiger partial charge on any atom is 0.186 e. The molecule has 2 heterocycles. The molecule has 0 aromatic carbocycles. The Bertz CT molecular complexity index is 476. The van der Waals surface area contributed by atoms with Crippen LogP contribution in [0.2, 0.25) is 5.15 Å². The molecule has 0 aliphatic carbocycles. The number of fused-ring (bicyclic) bond motifs is 1. The van der Waals surface area contributed by atoms with E-state index in [1.807, 2.05) is 25.1 Å². The van der Waals surface area contributed by atoms with Gasteiger partial charge in [0.2, 0.25) is 0 Å². The zero-order valence-corrected chi connectivity index (χ0v) is 7.75. The fourth-order valence-electron chi connectivity index (χ4n) is 1.37. The summed E-state index contributed by atoms with van der Waals surface area (Å²) in [7, 11) is 0. The first kappa shape index (κ1) is 8.26. The molecule has 2 aromatic rings. The molecule has 2 aromatic heterocycles. The molecule has 13 heavy (non-hydrogen) atoms. The highest BCUT2D eigenvalue weighted by Crippen LogP contribution is 2.18. The minimum absolute atomic E-state index is 0.345. The van der Waals surface area contributed by atoms with E-state index >= 15 is 0 Å². The van der Waals surface area contributed by atoms with Crippen LogP contribution >= 0.6 is 11.6 Å². The van der Waals surface area contributed by atoms with Crippen molar-refractivity contribution in [2.45, 2.75) is 6.92 Å². The molecule has 0 spiro atoms. The zero-order valence-electron chi connectivity index (χ0n) is 6.99. The number of carbonyl (C=O) groups excluding carboxylic acids is 1. The van der Waals surface area contributed by atoms with Crippen LogP contribution in [0, 0.1) is 6.92 Å². The maximum absolute atomic E-state index is 10.6. The summed E-state index contributed by atoms with van der Waals surface area (Å²) in [4.78, 5) is 14.6. The van der Waals surface area contributed by atoms with Gasteiger partial charge in [-0.3, -0.25) is 9.20 Å². The second kappa shape index (κ2) is 2.85. The van der Waals surface area contributed by atoms with Gasteiger partial charge in [0.15, 0.2) is 17.3 Å². The molecule has 66 valence electrons. The molecule has 0 fully saturated rings. The minimum Gasteiger partial charge on any atom is -0.294 e. The number of aldehydes is 1. The molecule has 0 bridgehead atoms. The number of aromatic nitrogens is 2. The van der Waals surface area contributed by atoms with Gasteiger partial charge in [-0.2, -0.15) is 0 Å². The topological polar surface area (TPSA) is 34.4 Å². The summed E-state index contributed by atoms with van der Waals surface area (Å²) in [5.74, 6) is 0.345. The van der Waals surface area contributed by atoms with Crippen molar-refractivity contribution in [1.29, 1.82) is 0 Å². The average Bonchev–Trinajstić information content (AvgIpc) is 2.45. The van der Waals surface area contributed by atoms with E-state index in [4.69, 9.17) is 11.6 Å². The van der Waals surface area contributed by atoms with Crippen molar-refractivity contribution < 1.29 is 4.79 Å². The number of nitrogens with zero attached hydrogens (tertiary/aromatic N) is 2. The lowest BCUT2D eigenvalue weighted by atomic mass is 10.3. The summed E-state index contributed by atoms with van der Waals surface area (Å²) in [6.45, 7) is 1.90. The predicted octanol–water partition coefficient (Wildman–Crippen LogP) is 2.11. The molecule has 0 aliphatic rings. The third-order valence-corrected chi connectivity index (χ3v) is 2.22. The number of rotatable bonds is 1. The summed E-state index contributed by atoms with van der Waals surface area (Å²) in [5, 5.41) is 0.366. The number of halogens is 1. The van der Waals surface area contributed by atoms with E-state index in [0.717, 1.165) is 11.2 Å². The average molecular weight is 195 g/mol. The molecule has 0 atom stereocenters. The van der Waals surface area contributed by atoms with Gasteiger partial charge in [-0.25, -0.2) is 4.98 Å². The maximum atomic E-state index is 10.6. The van der Waals surface area contributed by atoms with Crippen LogP contribution in [-0.4, -0.2) is 15.7 Å². The molecule has 0 radical (unpaired) electrons. The highest BCUT2D eigenvalue weighted by Gasteiger charge is 2.08. The molecular weight excluding hydrogens is 188 g/mol. The van der Waals surface area contributed by atoms with Crippen molar-refractivity contribution in [1.82, 2.24) is 9.38 Å². The normalized spacial score (nSPS) is 10.6. The van der Waals surface area contributed by atoms with Crippen LogP contribution in [0.15, 0.2) is 18.2 Å². The first-order valence-corrected chi connectivity index (χ1v) is 4.20. The first-order chi connectivity index (χ1) is 6.24. The van der Waals surface area contributed by atoms with E-state index < -0.39 is 0 Å².